The second-order valence-electron chi connectivity index (χ2n) is 6.86. The highest BCUT2D eigenvalue weighted by molar-refractivity contribution is 5.97. The zero-order valence-electron chi connectivity index (χ0n) is 14.9. The zero-order chi connectivity index (χ0) is 18.1. The molecule has 1 aromatic heterocycles. The minimum atomic E-state index is -0.123. The van der Waals surface area contributed by atoms with E-state index in [2.05, 4.69) is 0 Å². The number of anilines is 1. The number of rotatable bonds is 3. The quantitative estimate of drug-likeness (QED) is 0.849. The van der Waals surface area contributed by atoms with E-state index in [9.17, 15) is 9.59 Å². The zero-order valence-corrected chi connectivity index (χ0v) is 14.9. The molecule has 2 aliphatic rings. The van der Waals surface area contributed by atoms with Crippen molar-refractivity contribution in [3.8, 4) is 5.75 Å². The molecule has 2 amide bonds. The first kappa shape index (κ1) is 16.7. The topological polar surface area (TPSA) is 63.0 Å². The summed E-state index contributed by atoms with van der Waals surface area (Å²) in [4.78, 5) is 28.3. The number of hydrogen-bond acceptors (Lipinski definition) is 4. The van der Waals surface area contributed by atoms with Crippen LogP contribution in [0.4, 0.5) is 5.69 Å². The minimum absolute atomic E-state index is 0.0106. The molecule has 0 saturated carbocycles. The van der Waals surface area contributed by atoms with Crippen LogP contribution in [0.5, 0.6) is 5.75 Å². The highest BCUT2D eigenvalue weighted by Gasteiger charge is 2.27. The van der Waals surface area contributed by atoms with Crippen molar-refractivity contribution in [2.45, 2.75) is 32.7 Å². The van der Waals surface area contributed by atoms with Gasteiger partial charge in [-0.15, -0.1) is 0 Å². The van der Waals surface area contributed by atoms with Crippen LogP contribution in [-0.2, 0) is 11.3 Å². The smallest absolute Gasteiger partial charge is 0.289 e. The molecule has 0 atom stereocenters. The molecule has 0 radical (unpaired) electrons. The van der Waals surface area contributed by atoms with Gasteiger partial charge >= 0.3 is 0 Å². The molecule has 1 aromatic carbocycles. The van der Waals surface area contributed by atoms with Crippen LogP contribution in [0.2, 0.25) is 0 Å². The maximum atomic E-state index is 12.5. The van der Waals surface area contributed by atoms with Gasteiger partial charge in [-0.3, -0.25) is 14.5 Å². The monoisotopic (exact) mass is 354 g/mol. The van der Waals surface area contributed by atoms with Gasteiger partial charge in [-0.2, -0.15) is 0 Å². The molecule has 6 nitrogen and oxygen atoms in total. The molecule has 3 heterocycles. The van der Waals surface area contributed by atoms with Gasteiger partial charge in [0.15, 0.2) is 12.4 Å². The van der Waals surface area contributed by atoms with E-state index >= 15 is 0 Å². The largest absolute Gasteiger partial charge is 0.482 e. The normalized spacial score (nSPS) is 17.0. The number of hydrogen-bond donors (Lipinski definition) is 0. The van der Waals surface area contributed by atoms with Crippen molar-refractivity contribution in [1.82, 2.24) is 4.90 Å². The summed E-state index contributed by atoms with van der Waals surface area (Å²) in [6.45, 7) is 3.84. The van der Waals surface area contributed by atoms with Crippen molar-refractivity contribution in [3.05, 3.63) is 47.4 Å². The number of furan rings is 1. The summed E-state index contributed by atoms with van der Waals surface area (Å²) in [5.41, 5.74) is 1.80. The average molecular weight is 354 g/mol. The summed E-state index contributed by atoms with van der Waals surface area (Å²) < 4.78 is 11.3. The predicted octanol–water partition coefficient (Wildman–Crippen LogP) is 3.14. The standard InChI is InChI=1S/C20H22N2O4/c1-14-5-7-16-18(11-14)25-13-19(23)22(16)12-15-6-8-17(26-15)20(24)21-9-3-2-4-10-21/h5-8,11H,2-4,9-10,12-13H2,1H3. The van der Waals surface area contributed by atoms with Gasteiger partial charge < -0.3 is 14.1 Å². The average Bonchev–Trinajstić information content (AvgIpc) is 3.13. The van der Waals surface area contributed by atoms with E-state index in [0.717, 1.165) is 37.2 Å². The third-order valence-electron chi connectivity index (χ3n) is 4.89. The molecule has 0 unspecified atom stereocenters. The van der Waals surface area contributed by atoms with Crippen molar-refractivity contribution in [3.63, 3.8) is 0 Å². The van der Waals surface area contributed by atoms with Gasteiger partial charge in [0.1, 0.15) is 11.5 Å². The Morgan fingerprint density at radius 1 is 1.12 bits per heavy atom. The van der Waals surface area contributed by atoms with Crippen molar-refractivity contribution in [1.29, 1.82) is 0 Å². The fourth-order valence-electron chi connectivity index (χ4n) is 3.47. The van der Waals surface area contributed by atoms with Crippen LogP contribution in [0.3, 0.4) is 0 Å². The molecular formula is C20H22N2O4. The summed E-state index contributed by atoms with van der Waals surface area (Å²) in [6, 6.07) is 9.22. The van der Waals surface area contributed by atoms with Crippen molar-refractivity contribution >= 4 is 17.5 Å². The Labute approximate surface area is 152 Å². The van der Waals surface area contributed by atoms with E-state index < -0.39 is 0 Å². The molecule has 0 bridgehead atoms. The van der Waals surface area contributed by atoms with Crippen LogP contribution >= 0.6 is 0 Å². The Balaban J connectivity index is 1.52. The highest BCUT2D eigenvalue weighted by Crippen LogP contribution is 2.34. The Bertz CT molecular complexity index is 836. The number of ether oxygens (including phenoxy) is 1. The summed E-state index contributed by atoms with van der Waals surface area (Å²) in [5.74, 6) is 1.43. The van der Waals surface area contributed by atoms with Crippen LogP contribution in [0.1, 0.15) is 41.1 Å². The van der Waals surface area contributed by atoms with Gasteiger partial charge in [0, 0.05) is 13.1 Å². The molecule has 0 N–H and O–H groups in total. The summed E-state index contributed by atoms with van der Waals surface area (Å²) in [6.07, 6.45) is 3.25. The second kappa shape index (κ2) is 6.86. The number of carbonyl (C=O) groups is 2. The van der Waals surface area contributed by atoms with Crippen molar-refractivity contribution in [2.24, 2.45) is 0 Å². The summed E-state index contributed by atoms with van der Waals surface area (Å²) >= 11 is 0. The van der Waals surface area contributed by atoms with Gasteiger partial charge in [-0.25, -0.2) is 0 Å². The van der Waals surface area contributed by atoms with Crippen LogP contribution in [-0.4, -0.2) is 36.4 Å². The Morgan fingerprint density at radius 3 is 2.73 bits per heavy atom. The number of likely N-dealkylation sites (tertiary alicyclic amines) is 1. The lowest BCUT2D eigenvalue weighted by Gasteiger charge is -2.29. The number of piperidine rings is 1. The lowest BCUT2D eigenvalue weighted by atomic mass is 10.1. The first-order valence-electron chi connectivity index (χ1n) is 9.03. The third-order valence-corrected chi connectivity index (χ3v) is 4.89. The minimum Gasteiger partial charge on any atom is -0.482 e. The molecule has 1 saturated heterocycles. The van der Waals surface area contributed by atoms with Gasteiger partial charge in [-0.05, 0) is 56.0 Å². The number of aryl methyl sites for hydroxylation is 1. The number of benzene rings is 1. The lowest BCUT2D eigenvalue weighted by molar-refractivity contribution is -0.121. The number of carbonyl (C=O) groups excluding carboxylic acids is 2. The van der Waals surface area contributed by atoms with Crippen LogP contribution in [0.15, 0.2) is 34.7 Å². The maximum absolute atomic E-state index is 12.5. The number of amides is 2. The van der Waals surface area contributed by atoms with Crippen LogP contribution in [0.25, 0.3) is 0 Å². The van der Waals surface area contributed by atoms with Crippen LogP contribution in [0, 0.1) is 6.92 Å². The molecule has 1 fully saturated rings. The predicted molar refractivity (Wildman–Crippen MR) is 96.3 cm³/mol. The molecule has 0 aliphatic carbocycles. The number of fused-ring (bicyclic) bond motifs is 1. The van der Waals surface area contributed by atoms with Crippen molar-refractivity contribution < 1.29 is 18.7 Å². The fourth-order valence-corrected chi connectivity index (χ4v) is 3.47. The molecule has 136 valence electrons. The molecule has 0 spiro atoms. The van der Waals surface area contributed by atoms with Crippen LogP contribution < -0.4 is 9.64 Å². The first-order chi connectivity index (χ1) is 12.6. The summed E-state index contributed by atoms with van der Waals surface area (Å²) in [5, 5.41) is 0. The molecule has 26 heavy (non-hydrogen) atoms. The Morgan fingerprint density at radius 2 is 1.92 bits per heavy atom. The number of nitrogens with zero attached hydrogens (tertiary/aromatic N) is 2. The van der Waals surface area contributed by atoms with E-state index in [0.29, 0.717) is 17.3 Å². The van der Waals surface area contributed by atoms with E-state index in [1.54, 1.807) is 17.0 Å². The Hall–Kier alpha value is -2.76. The van der Waals surface area contributed by atoms with E-state index in [-0.39, 0.29) is 25.0 Å². The fraction of sp³-hybridized carbons (Fsp3) is 0.400. The van der Waals surface area contributed by atoms with E-state index in [1.807, 2.05) is 30.0 Å². The molecule has 6 heteroatoms. The third kappa shape index (κ3) is 3.19. The van der Waals surface area contributed by atoms with Gasteiger partial charge in [0.05, 0.1) is 12.2 Å². The molecule has 2 aromatic rings. The second-order valence-corrected chi connectivity index (χ2v) is 6.86. The highest BCUT2D eigenvalue weighted by atomic mass is 16.5. The van der Waals surface area contributed by atoms with Gasteiger partial charge in [0.2, 0.25) is 0 Å². The van der Waals surface area contributed by atoms with E-state index in [1.165, 1.54) is 6.42 Å². The summed E-state index contributed by atoms with van der Waals surface area (Å²) in [7, 11) is 0. The molecular weight excluding hydrogens is 332 g/mol. The SMILES string of the molecule is Cc1ccc2c(c1)OCC(=O)N2Cc1ccc(C(=O)N2CCCCC2)o1. The first-order valence-corrected chi connectivity index (χ1v) is 9.03. The van der Waals surface area contributed by atoms with Crippen molar-refractivity contribution in [2.75, 3.05) is 24.6 Å². The maximum Gasteiger partial charge on any atom is 0.289 e. The van der Waals surface area contributed by atoms with Gasteiger partial charge in [-0.1, -0.05) is 6.07 Å². The van der Waals surface area contributed by atoms with Gasteiger partial charge in [0.25, 0.3) is 11.8 Å². The molecule has 2 aliphatic heterocycles. The lowest BCUT2D eigenvalue weighted by Crippen LogP contribution is -2.38. The Kier molecular flexibility index (Phi) is 4.41. The van der Waals surface area contributed by atoms with E-state index in [4.69, 9.17) is 9.15 Å². The molecule has 4 rings (SSSR count).